The smallest absolute Gasteiger partial charge is 0.271 e. The SMILES string of the molecule is Cc1csc(C2CCCCN2C(=O)c2cccn2C)n1. The number of hydrogen-bond acceptors (Lipinski definition) is 3. The van der Waals surface area contributed by atoms with Crippen LogP contribution in [-0.2, 0) is 7.05 Å². The molecule has 2 aromatic heterocycles. The number of likely N-dealkylation sites (tertiary alicyclic amines) is 1. The van der Waals surface area contributed by atoms with E-state index in [0.717, 1.165) is 35.8 Å². The van der Waals surface area contributed by atoms with Gasteiger partial charge in [-0.25, -0.2) is 4.98 Å². The molecule has 1 aliphatic rings. The highest BCUT2D eigenvalue weighted by molar-refractivity contribution is 7.09. The van der Waals surface area contributed by atoms with E-state index in [-0.39, 0.29) is 11.9 Å². The highest BCUT2D eigenvalue weighted by Crippen LogP contribution is 2.33. The van der Waals surface area contributed by atoms with Gasteiger partial charge in [-0.1, -0.05) is 0 Å². The molecule has 0 spiro atoms. The molecular formula is C15H19N3OS. The summed E-state index contributed by atoms with van der Waals surface area (Å²) in [5.74, 6) is 0.120. The zero-order chi connectivity index (χ0) is 14.1. The molecule has 1 aliphatic heterocycles. The van der Waals surface area contributed by atoms with Crippen LogP contribution in [0.5, 0.6) is 0 Å². The fourth-order valence-corrected chi connectivity index (χ4v) is 3.73. The number of carbonyl (C=O) groups excluding carboxylic acids is 1. The first kappa shape index (κ1) is 13.4. The van der Waals surface area contributed by atoms with Crippen LogP contribution in [0, 0.1) is 6.92 Å². The molecule has 20 heavy (non-hydrogen) atoms. The van der Waals surface area contributed by atoms with E-state index in [1.807, 2.05) is 41.8 Å². The Morgan fingerprint density at radius 1 is 1.45 bits per heavy atom. The van der Waals surface area contributed by atoms with Gasteiger partial charge < -0.3 is 9.47 Å². The summed E-state index contributed by atoms with van der Waals surface area (Å²) in [5.41, 5.74) is 1.80. The molecule has 1 saturated heterocycles. The summed E-state index contributed by atoms with van der Waals surface area (Å²) in [5, 5.41) is 3.14. The average Bonchev–Trinajstić information content (AvgIpc) is 3.07. The Labute approximate surface area is 123 Å². The molecule has 3 heterocycles. The van der Waals surface area contributed by atoms with Gasteiger partial charge in [0.1, 0.15) is 10.7 Å². The van der Waals surface area contributed by atoms with E-state index in [0.29, 0.717) is 0 Å². The first-order chi connectivity index (χ1) is 9.66. The van der Waals surface area contributed by atoms with Gasteiger partial charge in [-0.3, -0.25) is 4.79 Å². The number of rotatable bonds is 2. The fourth-order valence-electron chi connectivity index (χ4n) is 2.79. The number of amides is 1. The van der Waals surface area contributed by atoms with E-state index in [1.165, 1.54) is 6.42 Å². The van der Waals surface area contributed by atoms with Gasteiger partial charge >= 0.3 is 0 Å². The molecule has 0 N–H and O–H groups in total. The molecule has 0 aromatic carbocycles. The number of carbonyl (C=O) groups is 1. The van der Waals surface area contributed by atoms with E-state index in [1.54, 1.807) is 11.3 Å². The van der Waals surface area contributed by atoms with Crippen LogP contribution in [0.1, 0.15) is 46.5 Å². The number of hydrogen-bond donors (Lipinski definition) is 0. The second kappa shape index (κ2) is 5.40. The van der Waals surface area contributed by atoms with Gasteiger partial charge in [0.25, 0.3) is 5.91 Å². The normalized spacial score (nSPS) is 19.3. The van der Waals surface area contributed by atoms with Crippen molar-refractivity contribution < 1.29 is 4.79 Å². The Bertz CT molecular complexity index is 616. The molecule has 0 bridgehead atoms. The fraction of sp³-hybridized carbons (Fsp3) is 0.467. The van der Waals surface area contributed by atoms with Crippen LogP contribution in [0.15, 0.2) is 23.7 Å². The van der Waals surface area contributed by atoms with Gasteiger partial charge in [-0.15, -0.1) is 11.3 Å². The molecule has 0 saturated carbocycles. The van der Waals surface area contributed by atoms with Crippen molar-refractivity contribution in [2.45, 2.75) is 32.2 Å². The molecule has 3 rings (SSSR count). The largest absolute Gasteiger partial charge is 0.347 e. The minimum absolute atomic E-state index is 0.120. The standard InChI is InChI=1S/C15H19N3OS/c1-11-10-20-14(16-11)12-6-3-4-9-18(12)15(19)13-7-5-8-17(13)2/h5,7-8,10,12H,3-4,6,9H2,1-2H3. The van der Waals surface area contributed by atoms with Crippen molar-refractivity contribution in [3.05, 3.63) is 40.1 Å². The van der Waals surface area contributed by atoms with Crippen molar-refractivity contribution in [2.75, 3.05) is 6.54 Å². The van der Waals surface area contributed by atoms with E-state index in [4.69, 9.17) is 0 Å². The Morgan fingerprint density at radius 3 is 2.95 bits per heavy atom. The number of nitrogens with zero attached hydrogens (tertiary/aromatic N) is 3. The van der Waals surface area contributed by atoms with E-state index in [2.05, 4.69) is 10.4 Å². The molecule has 2 aromatic rings. The number of thiazole rings is 1. The molecule has 1 amide bonds. The lowest BCUT2D eigenvalue weighted by atomic mass is 10.0. The van der Waals surface area contributed by atoms with Crippen molar-refractivity contribution in [3.8, 4) is 0 Å². The van der Waals surface area contributed by atoms with Crippen LogP contribution in [0.4, 0.5) is 0 Å². The minimum Gasteiger partial charge on any atom is -0.347 e. The predicted octanol–water partition coefficient (Wildman–Crippen LogP) is 3.16. The summed E-state index contributed by atoms with van der Waals surface area (Å²) >= 11 is 1.67. The quantitative estimate of drug-likeness (QED) is 0.851. The lowest BCUT2D eigenvalue weighted by Crippen LogP contribution is -2.39. The van der Waals surface area contributed by atoms with E-state index >= 15 is 0 Å². The summed E-state index contributed by atoms with van der Waals surface area (Å²) in [6, 6.07) is 3.95. The predicted molar refractivity (Wildman–Crippen MR) is 79.9 cm³/mol. The summed E-state index contributed by atoms with van der Waals surface area (Å²) in [6.07, 6.45) is 5.18. The number of aromatic nitrogens is 2. The third kappa shape index (κ3) is 2.38. The van der Waals surface area contributed by atoms with Gasteiger partial charge in [0.05, 0.1) is 6.04 Å². The van der Waals surface area contributed by atoms with Gasteiger partial charge in [0.2, 0.25) is 0 Å². The molecule has 5 heteroatoms. The summed E-state index contributed by atoms with van der Waals surface area (Å²) in [6.45, 7) is 2.83. The van der Waals surface area contributed by atoms with Crippen LogP contribution >= 0.6 is 11.3 Å². The molecule has 1 fully saturated rings. The summed E-state index contributed by atoms with van der Waals surface area (Å²) in [4.78, 5) is 19.3. The Balaban J connectivity index is 1.89. The number of piperidine rings is 1. The van der Waals surface area contributed by atoms with Gasteiger partial charge in [-0.2, -0.15) is 0 Å². The maximum absolute atomic E-state index is 12.8. The van der Waals surface area contributed by atoms with Gasteiger partial charge in [0, 0.05) is 30.9 Å². The van der Waals surface area contributed by atoms with E-state index in [9.17, 15) is 4.79 Å². The first-order valence-electron chi connectivity index (χ1n) is 7.01. The molecule has 4 nitrogen and oxygen atoms in total. The van der Waals surface area contributed by atoms with E-state index < -0.39 is 0 Å². The number of aryl methyl sites for hydroxylation is 2. The molecule has 1 unspecified atom stereocenters. The highest BCUT2D eigenvalue weighted by atomic mass is 32.1. The van der Waals surface area contributed by atoms with Crippen LogP contribution < -0.4 is 0 Å². The molecular weight excluding hydrogens is 270 g/mol. The molecule has 0 radical (unpaired) electrons. The van der Waals surface area contributed by atoms with Crippen molar-refractivity contribution in [1.29, 1.82) is 0 Å². The van der Waals surface area contributed by atoms with Crippen molar-refractivity contribution in [3.63, 3.8) is 0 Å². The highest BCUT2D eigenvalue weighted by Gasteiger charge is 2.31. The van der Waals surface area contributed by atoms with Crippen LogP contribution in [0.2, 0.25) is 0 Å². The lowest BCUT2D eigenvalue weighted by molar-refractivity contribution is 0.0601. The second-order valence-corrected chi connectivity index (χ2v) is 6.23. The molecule has 1 atom stereocenters. The third-order valence-electron chi connectivity index (χ3n) is 3.85. The second-order valence-electron chi connectivity index (χ2n) is 5.34. The van der Waals surface area contributed by atoms with Crippen LogP contribution in [-0.4, -0.2) is 26.9 Å². The van der Waals surface area contributed by atoms with Gasteiger partial charge in [-0.05, 0) is 38.3 Å². The molecule has 106 valence electrons. The Kier molecular flexibility index (Phi) is 3.61. The van der Waals surface area contributed by atoms with Crippen LogP contribution in [0.25, 0.3) is 0 Å². The summed E-state index contributed by atoms with van der Waals surface area (Å²) < 4.78 is 1.89. The topological polar surface area (TPSA) is 38.1 Å². The molecule has 0 aliphatic carbocycles. The zero-order valence-corrected chi connectivity index (χ0v) is 12.7. The monoisotopic (exact) mass is 289 g/mol. The maximum Gasteiger partial charge on any atom is 0.271 e. The van der Waals surface area contributed by atoms with Crippen molar-refractivity contribution in [1.82, 2.24) is 14.5 Å². The third-order valence-corrected chi connectivity index (χ3v) is 4.91. The van der Waals surface area contributed by atoms with Crippen molar-refractivity contribution in [2.24, 2.45) is 7.05 Å². The average molecular weight is 289 g/mol. The maximum atomic E-state index is 12.8. The first-order valence-corrected chi connectivity index (χ1v) is 7.89. The van der Waals surface area contributed by atoms with Gasteiger partial charge in [0.15, 0.2) is 0 Å². The lowest BCUT2D eigenvalue weighted by Gasteiger charge is -2.34. The van der Waals surface area contributed by atoms with Crippen LogP contribution in [0.3, 0.4) is 0 Å². The summed E-state index contributed by atoms with van der Waals surface area (Å²) in [7, 11) is 1.92. The Hall–Kier alpha value is -1.62. The van der Waals surface area contributed by atoms with Crippen molar-refractivity contribution >= 4 is 17.2 Å². The zero-order valence-electron chi connectivity index (χ0n) is 11.9. The Morgan fingerprint density at radius 2 is 2.30 bits per heavy atom. The minimum atomic E-state index is 0.120.